The second-order valence-corrected chi connectivity index (χ2v) is 8.28. The van der Waals surface area contributed by atoms with Crippen LogP contribution in [0.5, 0.6) is 0 Å². The maximum atomic E-state index is 5.65. The molecule has 2 bridgehead atoms. The van der Waals surface area contributed by atoms with Gasteiger partial charge in [-0.1, -0.05) is 39.0 Å². The van der Waals surface area contributed by atoms with Crippen molar-refractivity contribution in [3.63, 3.8) is 0 Å². The Morgan fingerprint density at radius 2 is 2.14 bits per heavy atom. The third kappa shape index (κ3) is 4.58. The van der Waals surface area contributed by atoms with E-state index in [2.05, 4.69) is 29.0 Å². The van der Waals surface area contributed by atoms with Crippen LogP contribution in [0.1, 0.15) is 86.9 Å². The number of nitrogens with one attached hydrogen (secondary N) is 2. The molecule has 4 rings (SSSR count). The van der Waals surface area contributed by atoms with Crippen molar-refractivity contribution in [2.45, 2.75) is 70.6 Å². The van der Waals surface area contributed by atoms with Gasteiger partial charge in [0.1, 0.15) is 11.5 Å². The molecule has 0 radical (unpaired) electrons. The molecule has 0 unspecified atom stereocenters. The molecule has 2 aliphatic rings. The van der Waals surface area contributed by atoms with Crippen molar-refractivity contribution in [2.24, 2.45) is 4.99 Å². The smallest absolute Gasteiger partial charge is 0.146 e. The van der Waals surface area contributed by atoms with Crippen LogP contribution in [-0.2, 0) is 11.2 Å². The number of H-pyrrole nitrogens is 2. The van der Waals surface area contributed by atoms with Gasteiger partial charge in [0.2, 0.25) is 0 Å². The number of aliphatic imine (C=N–C) groups is 1. The van der Waals surface area contributed by atoms with Crippen LogP contribution in [0.25, 0.3) is 6.08 Å². The summed E-state index contributed by atoms with van der Waals surface area (Å²) in [5.41, 5.74) is 6.90. The molecule has 154 valence electrons. The van der Waals surface area contributed by atoms with Crippen molar-refractivity contribution in [2.75, 3.05) is 7.11 Å². The molecule has 0 spiro atoms. The molecular weight excluding hydrogens is 358 g/mol. The van der Waals surface area contributed by atoms with Gasteiger partial charge in [-0.05, 0) is 61.4 Å². The van der Waals surface area contributed by atoms with Crippen LogP contribution in [0, 0.1) is 0 Å². The summed E-state index contributed by atoms with van der Waals surface area (Å²) in [4.78, 5) is 11.8. The van der Waals surface area contributed by atoms with Crippen LogP contribution in [0.2, 0.25) is 0 Å². The van der Waals surface area contributed by atoms with Crippen molar-refractivity contribution in [3.05, 3.63) is 64.6 Å². The zero-order chi connectivity index (χ0) is 20.1. The normalized spacial score (nSPS) is 21.2. The highest BCUT2D eigenvalue weighted by Crippen LogP contribution is 2.35. The predicted molar refractivity (Wildman–Crippen MR) is 120 cm³/mol. The van der Waals surface area contributed by atoms with E-state index in [1.807, 2.05) is 24.4 Å². The topological polar surface area (TPSA) is 53.2 Å². The average Bonchev–Trinajstić information content (AvgIpc) is 3.47. The van der Waals surface area contributed by atoms with Crippen molar-refractivity contribution in [1.29, 1.82) is 0 Å². The molecule has 29 heavy (non-hydrogen) atoms. The van der Waals surface area contributed by atoms with E-state index < -0.39 is 0 Å². The molecule has 0 fully saturated rings. The summed E-state index contributed by atoms with van der Waals surface area (Å²) in [7, 11) is 1.72. The lowest BCUT2D eigenvalue weighted by Crippen LogP contribution is -2.01. The number of aromatic nitrogens is 2. The van der Waals surface area contributed by atoms with E-state index >= 15 is 0 Å². The van der Waals surface area contributed by atoms with Gasteiger partial charge >= 0.3 is 0 Å². The summed E-state index contributed by atoms with van der Waals surface area (Å²) in [6.07, 6.45) is 17.7. The molecule has 0 saturated carbocycles. The van der Waals surface area contributed by atoms with Crippen molar-refractivity contribution < 1.29 is 4.74 Å². The maximum absolute atomic E-state index is 5.65. The zero-order valence-corrected chi connectivity index (χ0v) is 17.8. The van der Waals surface area contributed by atoms with Crippen LogP contribution in [0.15, 0.2) is 46.9 Å². The fourth-order valence-corrected chi connectivity index (χ4v) is 4.55. The van der Waals surface area contributed by atoms with E-state index in [0.29, 0.717) is 5.92 Å². The molecule has 1 aliphatic carbocycles. The third-order valence-electron chi connectivity index (χ3n) is 6.17. The van der Waals surface area contributed by atoms with Gasteiger partial charge in [0, 0.05) is 23.7 Å². The predicted octanol–water partition coefficient (Wildman–Crippen LogP) is 6.50. The zero-order valence-electron chi connectivity index (χ0n) is 17.8. The number of methoxy groups -OCH3 is 1. The highest BCUT2D eigenvalue weighted by Gasteiger charge is 2.21. The third-order valence-corrected chi connectivity index (χ3v) is 6.17. The number of fused-ring (bicyclic) bond motifs is 2. The summed E-state index contributed by atoms with van der Waals surface area (Å²) in [5.74, 6) is 1.46. The van der Waals surface area contributed by atoms with Gasteiger partial charge < -0.3 is 14.7 Å². The Hall–Kier alpha value is -2.49. The van der Waals surface area contributed by atoms with Gasteiger partial charge in [0.15, 0.2) is 0 Å². The lowest BCUT2D eigenvalue weighted by atomic mass is 9.87. The summed E-state index contributed by atoms with van der Waals surface area (Å²) in [6.45, 7) is 2.29. The molecule has 4 nitrogen and oxygen atoms in total. The second kappa shape index (κ2) is 9.34. The molecule has 2 aromatic rings. The van der Waals surface area contributed by atoms with E-state index in [1.165, 1.54) is 68.3 Å². The van der Waals surface area contributed by atoms with Crippen molar-refractivity contribution in [1.82, 2.24) is 9.97 Å². The van der Waals surface area contributed by atoms with Gasteiger partial charge in [-0.15, -0.1) is 0 Å². The Kier molecular flexibility index (Phi) is 6.38. The number of aromatic amines is 2. The largest absolute Gasteiger partial charge is 0.494 e. The Labute approximate surface area is 174 Å². The van der Waals surface area contributed by atoms with Crippen LogP contribution in [0.3, 0.4) is 0 Å². The minimum atomic E-state index is 0.633. The standard InChI is InChI=1S/C25H33N3O/c1-3-4-10-18-11-7-5-6-8-12-19-15-20(18)22(27-19)16-24-25(29-2)17-23(28-24)21-13-9-14-26-21/h9,13-18,26-27H,3-8,10-12H2,1-2H3/t18-/m0/s1. The first kappa shape index (κ1) is 19.8. The van der Waals surface area contributed by atoms with E-state index in [1.54, 1.807) is 7.11 Å². The number of ether oxygens (including phenoxy) is 1. The van der Waals surface area contributed by atoms with Crippen LogP contribution < -0.4 is 0 Å². The number of hydrogen-bond donors (Lipinski definition) is 2. The van der Waals surface area contributed by atoms with E-state index in [-0.39, 0.29) is 0 Å². The fourth-order valence-electron chi connectivity index (χ4n) is 4.55. The number of hydrogen-bond acceptors (Lipinski definition) is 2. The average molecular weight is 392 g/mol. The molecule has 2 aromatic heterocycles. The Balaban J connectivity index is 1.70. The lowest BCUT2D eigenvalue weighted by molar-refractivity contribution is 0.303. The fraction of sp³-hybridized carbons (Fsp3) is 0.480. The monoisotopic (exact) mass is 391 g/mol. The van der Waals surface area contributed by atoms with E-state index in [0.717, 1.165) is 29.3 Å². The van der Waals surface area contributed by atoms with Crippen LogP contribution in [-0.4, -0.2) is 22.8 Å². The summed E-state index contributed by atoms with van der Waals surface area (Å²) >= 11 is 0. The molecule has 2 N–H and O–H groups in total. The minimum absolute atomic E-state index is 0.633. The molecule has 0 amide bonds. The van der Waals surface area contributed by atoms with Crippen molar-refractivity contribution >= 4 is 11.8 Å². The first-order valence-corrected chi connectivity index (χ1v) is 11.2. The lowest BCUT2D eigenvalue weighted by Gasteiger charge is -2.17. The molecular formula is C25H33N3O. The molecule has 0 aromatic carbocycles. The number of unbranched alkanes of at least 4 members (excludes halogenated alkanes) is 1. The Bertz CT molecular complexity index is 899. The summed E-state index contributed by atoms with van der Waals surface area (Å²) in [5, 5.41) is 0. The van der Waals surface area contributed by atoms with Gasteiger partial charge in [0.25, 0.3) is 0 Å². The van der Waals surface area contributed by atoms with Gasteiger partial charge in [-0.3, -0.25) is 0 Å². The highest BCUT2D eigenvalue weighted by atomic mass is 16.5. The second-order valence-electron chi connectivity index (χ2n) is 8.28. The molecule has 0 saturated heterocycles. The van der Waals surface area contributed by atoms with Crippen molar-refractivity contribution in [3.8, 4) is 0 Å². The number of rotatable bonds is 6. The maximum Gasteiger partial charge on any atom is 0.146 e. The minimum Gasteiger partial charge on any atom is -0.494 e. The van der Waals surface area contributed by atoms with Gasteiger partial charge in [0.05, 0.1) is 18.5 Å². The first-order chi connectivity index (χ1) is 14.3. The Morgan fingerprint density at radius 3 is 2.93 bits per heavy atom. The highest BCUT2D eigenvalue weighted by molar-refractivity contribution is 6.11. The molecule has 3 heterocycles. The summed E-state index contributed by atoms with van der Waals surface area (Å²) in [6, 6.07) is 6.47. The van der Waals surface area contributed by atoms with Crippen LogP contribution >= 0.6 is 0 Å². The van der Waals surface area contributed by atoms with E-state index in [9.17, 15) is 0 Å². The van der Waals surface area contributed by atoms with Gasteiger partial charge in [-0.25, -0.2) is 4.99 Å². The quantitative estimate of drug-likeness (QED) is 0.580. The summed E-state index contributed by atoms with van der Waals surface area (Å²) < 4.78 is 5.65. The Morgan fingerprint density at radius 1 is 1.24 bits per heavy atom. The molecule has 1 aliphatic heterocycles. The van der Waals surface area contributed by atoms with Gasteiger partial charge in [-0.2, -0.15) is 0 Å². The van der Waals surface area contributed by atoms with Crippen LogP contribution in [0.4, 0.5) is 0 Å². The molecule has 1 atom stereocenters. The number of aryl methyl sites for hydroxylation is 1. The number of nitrogens with zero attached hydrogens (tertiary/aromatic N) is 1. The first-order valence-electron chi connectivity index (χ1n) is 11.2. The SMILES string of the molecule is CCCC[C@H]1CCCCCCc2cc1c(C=C1N=C(c3ccc[nH]3)C=C1OC)[nH]2. The number of allylic oxidation sites excluding steroid dienone is 1. The molecule has 4 heteroatoms. The van der Waals surface area contributed by atoms with E-state index in [4.69, 9.17) is 9.73 Å².